The number of hydrogen-bond acceptors (Lipinski definition) is 3. The highest BCUT2D eigenvalue weighted by Gasteiger charge is 2.33. The van der Waals surface area contributed by atoms with Crippen LogP contribution in [-0.4, -0.2) is 43.2 Å². The second-order valence-corrected chi connectivity index (χ2v) is 4.44. The molecule has 0 aliphatic heterocycles. The number of carbonyl (C=O) groups is 1. The summed E-state index contributed by atoms with van der Waals surface area (Å²) in [6.07, 6.45) is 1.54. The highest BCUT2D eigenvalue weighted by atomic mass is 35.5. The van der Waals surface area contributed by atoms with Crippen molar-refractivity contribution in [2.24, 2.45) is 0 Å². The van der Waals surface area contributed by atoms with Crippen molar-refractivity contribution in [2.45, 2.75) is 11.3 Å². The second kappa shape index (κ2) is 8.82. The standard InChI is InChI=1S/C10H17Cl2NO3/c1-3-5-13-9(14)10(11,12)8-16-7-6-15-4-2/h3H,1,4-8H2,2H3,(H,13,14). The monoisotopic (exact) mass is 269 g/mol. The van der Waals surface area contributed by atoms with Gasteiger partial charge >= 0.3 is 0 Å². The Labute approximate surface area is 106 Å². The normalized spacial score (nSPS) is 11.2. The molecule has 0 rings (SSSR count). The Morgan fingerprint density at radius 1 is 1.44 bits per heavy atom. The molecule has 0 aromatic carbocycles. The molecule has 0 aromatic heterocycles. The molecule has 0 atom stereocenters. The fraction of sp³-hybridized carbons (Fsp3) is 0.700. The number of rotatable bonds is 9. The topological polar surface area (TPSA) is 47.6 Å². The molecular formula is C10H17Cl2NO3. The van der Waals surface area contributed by atoms with Crippen molar-refractivity contribution in [3.8, 4) is 0 Å². The smallest absolute Gasteiger partial charge is 0.259 e. The molecule has 1 N–H and O–H groups in total. The molecule has 0 saturated carbocycles. The first kappa shape index (κ1) is 15.7. The summed E-state index contributed by atoms with van der Waals surface area (Å²) in [6.45, 7) is 7.01. The van der Waals surface area contributed by atoms with Gasteiger partial charge in [0.25, 0.3) is 5.91 Å². The van der Waals surface area contributed by atoms with Crippen LogP contribution in [0.4, 0.5) is 0 Å². The van der Waals surface area contributed by atoms with Crippen molar-refractivity contribution >= 4 is 29.1 Å². The Hall–Kier alpha value is -0.290. The van der Waals surface area contributed by atoms with Crippen molar-refractivity contribution in [3.05, 3.63) is 12.7 Å². The fourth-order valence-electron chi connectivity index (χ4n) is 0.822. The lowest BCUT2D eigenvalue weighted by molar-refractivity contribution is -0.122. The number of nitrogens with one attached hydrogen (secondary N) is 1. The van der Waals surface area contributed by atoms with E-state index in [-0.39, 0.29) is 6.61 Å². The number of ether oxygens (including phenoxy) is 2. The molecule has 1 amide bonds. The van der Waals surface area contributed by atoms with Crippen LogP contribution in [0.5, 0.6) is 0 Å². The molecule has 0 unspecified atom stereocenters. The number of amides is 1. The van der Waals surface area contributed by atoms with Crippen molar-refractivity contribution in [1.82, 2.24) is 5.32 Å². The molecule has 0 aromatic rings. The zero-order valence-electron chi connectivity index (χ0n) is 9.30. The fourth-order valence-corrected chi connectivity index (χ4v) is 1.11. The van der Waals surface area contributed by atoms with Crippen LogP contribution < -0.4 is 5.32 Å². The molecule has 0 saturated heterocycles. The third-order valence-corrected chi connectivity index (χ3v) is 2.16. The lowest BCUT2D eigenvalue weighted by Gasteiger charge is -2.18. The van der Waals surface area contributed by atoms with Crippen molar-refractivity contribution in [1.29, 1.82) is 0 Å². The maximum Gasteiger partial charge on any atom is 0.259 e. The van der Waals surface area contributed by atoms with Gasteiger partial charge in [0.15, 0.2) is 0 Å². The van der Waals surface area contributed by atoms with Gasteiger partial charge in [0, 0.05) is 13.2 Å². The quantitative estimate of drug-likeness (QED) is 0.392. The average molecular weight is 270 g/mol. The molecule has 0 radical (unpaired) electrons. The van der Waals surface area contributed by atoms with Crippen molar-refractivity contribution in [3.63, 3.8) is 0 Å². The second-order valence-electron chi connectivity index (χ2n) is 2.95. The zero-order chi connectivity index (χ0) is 12.4. The Morgan fingerprint density at radius 2 is 2.06 bits per heavy atom. The number of hydrogen-bond donors (Lipinski definition) is 1. The third kappa shape index (κ3) is 7.06. The van der Waals surface area contributed by atoms with Crippen LogP contribution in [0, 0.1) is 0 Å². The van der Waals surface area contributed by atoms with Gasteiger partial charge in [-0.2, -0.15) is 0 Å². The lowest BCUT2D eigenvalue weighted by Crippen LogP contribution is -2.42. The summed E-state index contributed by atoms with van der Waals surface area (Å²) in [4.78, 5) is 11.4. The number of alkyl halides is 2. The van der Waals surface area contributed by atoms with Crippen LogP contribution in [0.25, 0.3) is 0 Å². The lowest BCUT2D eigenvalue weighted by atomic mass is 10.4. The largest absolute Gasteiger partial charge is 0.379 e. The van der Waals surface area contributed by atoms with Crippen LogP contribution in [0.3, 0.4) is 0 Å². The summed E-state index contributed by atoms with van der Waals surface area (Å²) in [6, 6.07) is 0. The zero-order valence-corrected chi connectivity index (χ0v) is 10.8. The number of carbonyl (C=O) groups excluding carboxylic acids is 1. The van der Waals surface area contributed by atoms with E-state index in [2.05, 4.69) is 11.9 Å². The predicted octanol–water partition coefficient (Wildman–Crippen LogP) is 1.52. The predicted molar refractivity (Wildman–Crippen MR) is 65.0 cm³/mol. The van der Waals surface area contributed by atoms with Crippen molar-refractivity contribution in [2.75, 3.05) is 33.0 Å². The molecule has 0 spiro atoms. The first-order valence-corrected chi connectivity index (χ1v) is 5.72. The van der Waals surface area contributed by atoms with E-state index in [4.69, 9.17) is 32.7 Å². The van der Waals surface area contributed by atoms with E-state index in [1.807, 2.05) is 6.92 Å². The van der Waals surface area contributed by atoms with E-state index in [0.717, 1.165) is 0 Å². The molecule has 0 aliphatic carbocycles. The van der Waals surface area contributed by atoms with E-state index in [1.54, 1.807) is 0 Å². The van der Waals surface area contributed by atoms with Crippen LogP contribution in [0.1, 0.15) is 6.92 Å². The molecular weight excluding hydrogens is 253 g/mol. The van der Waals surface area contributed by atoms with Gasteiger partial charge in [0.05, 0.1) is 19.8 Å². The highest BCUT2D eigenvalue weighted by molar-refractivity contribution is 6.58. The Balaban J connectivity index is 3.75. The first-order chi connectivity index (χ1) is 7.54. The van der Waals surface area contributed by atoms with E-state index >= 15 is 0 Å². The summed E-state index contributed by atoms with van der Waals surface area (Å²) < 4.78 is 8.60. The number of halogens is 2. The van der Waals surface area contributed by atoms with Gasteiger partial charge in [0.2, 0.25) is 4.33 Å². The molecule has 4 nitrogen and oxygen atoms in total. The van der Waals surface area contributed by atoms with Gasteiger partial charge in [-0.3, -0.25) is 4.79 Å². The summed E-state index contributed by atoms with van der Waals surface area (Å²) in [5.74, 6) is -0.493. The van der Waals surface area contributed by atoms with E-state index in [9.17, 15) is 4.79 Å². The molecule has 0 bridgehead atoms. The van der Waals surface area contributed by atoms with E-state index < -0.39 is 10.2 Å². The summed E-state index contributed by atoms with van der Waals surface area (Å²) in [5, 5.41) is 2.49. The molecule has 0 fully saturated rings. The van der Waals surface area contributed by atoms with Gasteiger partial charge in [-0.1, -0.05) is 29.3 Å². The minimum atomic E-state index is -1.57. The van der Waals surface area contributed by atoms with Crippen LogP contribution in [0.2, 0.25) is 0 Å². The van der Waals surface area contributed by atoms with Crippen LogP contribution >= 0.6 is 23.2 Å². The molecule has 94 valence electrons. The van der Waals surface area contributed by atoms with Gasteiger partial charge < -0.3 is 14.8 Å². The van der Waals surface area contributed by atoms with Crippen molar-refractivity contribution < 1.29 is 14.3 Å². The van der Waals surface area contributed by atoms with E-state index in [0.29, 0.717) is 26.4 Å². The van der Waals surface area contributed by atoms with Gasteiger partial charge in [-0.05, 0) is 6.92 Å². The molecule has 6 heteroatoms. The highest BCUT2D eigenvalue weighted by Crippen LogP contribution is 2.21. The van der Waals surface area contributed by atoms with Gasteiger partial charge in [0.1, 0.15) is 0 Å². The van der Waals surface area contributed by atoms with Crippen LogP contribution in [0.15, 0.2) is 12.7 Å². The maximum atomic E-state index is 11.4. The van der Waals surface area contributed by atoms with Gasteiger partial charge in [-0.25, -0.2) is 0 Å². The molecule has 0 heterocycles. The molecule has 0 aliphatic rings. The summed E-state index contributed by atoms with van der Waals surface area (Å²) in [7, 11) is 0. The van der Waals surface area contributed by atoms with Crippen LogP contribution in [-0.2, 0) is 14.3 Å². The minimum absolute atomic E-state index is 0.0772. The first-order valence-electron chi connectivity index (χ1n) is 4.97. The van der Waals surface area contributed by atoms with E-state index in [1.165, 1.54) is 6.08 Å². The summed E-state index contributed by atoms with van der Waals surface area (Å²) >= 11 is 11.6. The SMILES string of the molecule is C=CCNC(=O)C(Cl)(Cl)COCCOCC. The third-order valence-electron chi connectivity index (χ3n) is 1.60. The Morgan fingerprint density at radius 3 is 2.62 bits per heavy atom. The Kier molecular flexibility index (Phi) is 8.66. The average Bonchev–Trinajstić information content (AvgIpc) is 2.25. The maximum absolute atomic E-state index is 11.4. The Bertz CT molecular complexity index is 222. The molecule has 16 heavy (non-hydrogen) atoms. The summed E-state index contributed by atoms with van der Waals surface area (Å²) in [5.41, 5.74) is 0. The van der Waals surface area contributed by atoms with Gasteiger partial charge in [-0.15, -0.1) is 6.58 Å². The minimum Gasteiger partial charge on any atom is -0.379 e.